The molecule has 0 aromatic heterocycles. The number of rotatable bonds is 9. The van der Waals surface area contributed by atoms with Crippen LogP contribution >= 0.6 is 0 Å². The van der Waals surface area contributed by atoms with Crippen molar-refractivity contribution >= 4 is 5.97 Å². The Morgan fingerprint density at radius 2 is 1.90 bits per heavy atom. The molecule has 0 fully saturated rings. The maximum Gasteiger partial charge on any atom is 0.320 e. The van der Waals surface area contributed by atoms with E-state index in [-0.39, 0.29) is 0 Å². The van der Waals surface area contributed by atoms with E-state index in [9.17, 15) is 4.79 Å². The van der Waals surface area contributed by atoms with Crippen molar-refractivity contribution in [1.29, 1.82) is 0 Å². The minimum Gasteiger partial charge on any atom is -0.492 e. The van der Waals surface area contributed by atoms with Crippen LogP contribution in [-0.2, 0) is 11.2 Å². The molecule has 1 unspecified atom stereocenters. The third-order valence-corrected chi connectivity index (χ3v) is 3.27. The number of aliphatic carboxylic acids is 1. The van der Waals surface area contributed by atoms with Gasteiger partial charge < -0.3 is 20.5 Å². The number of nitrogens with two attached hydrogens (primary N) is 1. The molecule has 112 valence electrons. The van der Waals surface area contributed by atoms with Crippen LogP contribution in [0.5, 0.6) is 5.75 Å². The number of hydrogen-bond donors (Lipinski definition) is 2. The molecule has 0 aliphatic rings. The first-order chi connectivity index (χ1) is 9.56. The number of hydrogen-bond acceptors (Lipinski definition) is 4. The molecule has 0 aliphatic carbocycles. The highest BCUT2D eigenvalue weighted by Gasteiger charge is 2.11. The summed E-state index contributed by atoms with van der Waals surface area (Å²) < 4.78 is 5.66. The number of benzene rings is 1. The Morgan fingerprint density at radius 1 is 1.30 bits per heavy atom. The Labute approximate surface area is 120 Å². The normalized spacial score (nSPS) is 12.4. The van der Waals surface area contributed by atoms with Crippen LogP contribution in [-0.4, -0.2) is 48.3 Å². The number of likely N-dealkylation sites (N-methyl/N-ethyl adjacent to an activating group) is 1. The van der Waals surface area contributed by atoms with Gasteiger partial charge >= 0.3 is 5.97 Å². The van der Waals surface area contributed by atoms with Gasteiger partial charge in [-0.05, 0) is 37.2 Å². The molecule has 0 aliphatic heterocycles. The van der Waals surface area contributed by atoms with E-state index in [1.54, 1.807) is 0 Å². The first-order valence-electron chi connectivity index (χ1n) is 6.99. The lowest BCUT2D eigenvalue weighted by Crippen LogP contribution is -2.32. The minimum absolute atomic E-state index is 0.328. The summed E-state index contributed by atoms with van der Waals surface area (Å²) in [5.74, 6) is -0.186. The fourth-order valence-corrected chi connectivity index (χ4v) is 1.90. The number of carbonyl (C=O) groups is 1. The summed E-state index contributed by atoms with van der Waals surface area (Å²) in [6, 6.07) is 6.56. The summed E-state index contributed by atoms with van der Waals surface area (Å²) >= 11 is 0. The van der Waals surface area contributed by atoms with Gasteiger partial charge in [0.05, 0.1) is 0 Å². The van der Waals surface area contributed by atoms with Gasteiger partial charge in [0.25, 0.3) is 0 Å². The van der Waals surface area contributed by atoms with E-state index in [4.69, 9.17) is 15.6 Å². The highest BCUT2D eigenvalue weighted by atomic mass is 16.5. The predicted octanol–water partition coefficient (Wildman–Crippen LogP) is 1.36. The second-order valence-electron chi connectivity index (χ2n) is 4.67. The lowest BCUT2D eigenvalue weighted by atomic mass is 10.1. The second kappa shape index (κ2) is 8.55. The van der Waals surface area contributed by atoms with E-state index in [0.717, 1.165) is 30.9 Å². The van der Waals surface area contributed by atoms with Gasteiger partial charge in [-0.25, -0.2) is 0 Å². The minimum atomic E-state index is -0.982. The van der Waals surface area contributed by atoms with Gasteiger partial charge in [-0.1, -0.05) is 26.0 Å². The van der Waals surface area contributed by atoms with Gasteiger partial charge in [0.1, 0.15) is 18.4 Å². The van der Waals surface area contributed by atoms with Crippen molar-refractivity contribution in [2.24, 2.45) is 5.73 Å². The molecule has 0 bridgehead atoms. The van der Waals surface area contributed by atoms with Crippen molar-refractivity contribution in [3.63, 3.8) is 0 Å². The molecule has 0 saturated heterocycles. The van der Waals surface area contributed by atoms with Crippen molar-refractivity contribution in [2.45, 2.75) is 26.3 Å². The zero-order valence-electron chi connectivity index (χ0n) is 12.2. The lowest BCUT2D eigenvalue weighted by molar-refractivity contribution is -0.138. The standard InChI is InChI=1S/C15H24N2O3/c1-3-17(4-2)9-10-20-13-7-5-12(6-8-13)11-14(16)15(18)19/h5-8,14H,3-4,9-11,16H2,1-2H3,(H,18,19). The lowest BCUT2D eigenvalue weighted by Gasteiger charge is -2.18. The third kappa shape index (κ3) is 5.59. The van der Waals surface area contributed by atoms with Crippen LogP contribution in [0.3, 0.4) is 0 Å². The van der Waals surface area contributed by atoms with Crippen LogP contribution in [0.25, 0.3) is 0 Å². The summed E-state index contributed by atoms with van der Waals surface area (Å²) in [6.45, 7) is 7.85. The largest absolute Gasteiger partial charge is 0.492 e. The molecule has 0 radical (unpaired) electrons. The molecule has 5 nitrogen and oxygen atoms in total. The SMILES string of the molecule is CCN(CC)CCOc1ccc(CC(N)C(=O)O)cc1. The van der Waals surface area contributed by atoms with Gasteiger partial charge in [-0.3, -0.25) is 4.79 Å². The van der Waals surface area contributed by atoms with Crippen LogP contribution < -0.4 is 10.5 Å². The second-order valence-corrected chi connectivity index (χ2v) is 4.67. The Balaban J connectivity index is 2.40. The number of ether oxygens (including phenoxy) is 1. The van der Waals surface area contributed by atoms with Gasteiger partial charge in [-0.15, -0.1) is 0 Å². The Hall–Kier alpha value is -1.59. The molecule has 20 heavy (non-hydrogen) atoms. The van der Waals surface area contributed by atoms with Gasteiger partial charge in [-0.2, -0.15) is 0 Å². The van der Waals surface area contributed by atoms with Crippen molar-refractivity contribution in [1.82, 2.24) is 4.90 Å². The van der Waals surface area contributed by atoms with E-state index in [2.05, 4.69) is 18.7 Å². The molecule has 1 atom stereocenters. The monoisotopic (exact) mass is 280 g/mol. The first-order valence-corrected chi connectivity index (χ1v) is 6.99. The van der Waals surface area contributed by atoms with Crippen LogP contribution in [0, 0.1) is 0 Å². The smallest absolute Gasteiger partial charge is 0.320 e. The zero-order valence-corrected chi connectivity index (χ0v) is 12.2. The van der Waals surface area contributed by atoms with Gasteiger partial charge in [0.15, 0.2) is 0 Å². The van der Waals surface area contributed by atoms with Gasteiger partial charge in [0.2, 0.25) is 0 Å². The summed E-state index contributed by atoms with van der Waals surface area (Å²) in [7, 11) is 0. The molecule has 1 aromatic rings. The molecule has 0 spiro atoms. The molecular weight excluding hydrogens is 256 g/mol. The fraction of sp³-hybridized carbons (Fsp3) is 0.533. The fourth-order valence-electron chi connectivity index (χ4n) is 1.90. The van der Waals surface area contributed by atoms with Gasteiger partial charge in [0, 0.05) is 6.54 Å². The first kappa shape index (κ1) is 16.5. The molecule has 1 rings (SSSR count). The maximum atomic E-state index is 10.7. The maximum absolute atomic E-state index is 10.7. The Kier molecular flexibility index (Phi) is 7.04. The van der Waals surface area contributed by atoms with E-state index in [1.807, 2.05) is 24.3 Å². The Bertz CT molecular complexity index is 402. The highest BCUT2D eigenvalue weighted by Crippen LogP contribution is 2.13. The van der Waals surface area contributed by atoms with Crippen LogP contribution in [0.1, 0.15) is 19.4 Å². The molecule has 3 N–H and O–H groups in total. The number of carboxylic acid groups (broad SMARTS) is 1. The van der Waals surface area contributed by atoms with E-state index < -0.39 is 12.0 Å². The quantitative estimate of drug-likeness (QED) is 0.714. The Morgan fingerprint density at radius 3 is 2.40 bits per heavy atom. The van der Waals surface area contributed by atoms with Crippen LogP contribution in [0.15, 0.2) is 24.3 Å². The summed E-state index contributed by atoms with van der Waals surface area (Å²) in [5, 5.41) is 8.76. The summed E-state index contributed by atoms with van der Waals surface area (Å²) in [6.07, 6.45) is 0.328. The molecule has 0 amide bonds. The van der Waals surface area contributed by atoms with Crippen molar-refractivity contribution < 1.29 is 14.6 Å². The van der Waals surface area contributed by atoms with E-state index in [0.29, 0.717) is 13.0 Å². The van der Waals surface area contributed by atoms with Crippen molar-refractivity contribution in [3.8, 4) is 5.75 Å². The summed E-state index contributed by atoms with van der Waals surface area (Å²) in [4.78, 5) is 13.0. The predicted molar refractivity (Wildman–Crippen MR) is 79.0 cm³/mol. The van der Waals surface area contributed by atoms with E-state index in [1.165, 1.54) is 0 Å². The number of nitrogens with zero attached hydrogens (tertiary/aromatic N) is 1. The average molecular weight is 280 g/mol. The molecular formula is C15H24N2O3. The average Bonchev–Trinajstić information content (AvgIpc) is 2.45. The zero-order chi connectivity index (χ0) is 15.0. The van der Waals surface area contributed by atoms with Crippen LogP contribution in [0.2, 0.25) is 0 Å². The number of carboxylic acids is 1. The topological polar surface area (TPSA) is 75.8 Å². The molecule has 0 heterocycles. The van der Waals surface area contributed by atoms with Crippen LogP contribution in [0.4, 0.5) is 0 Å². The molecule has 0 saturated carbocycles. The molecule has 1 aromatic carbocycles. The van der Waals surface area contributed by atoms with Crippen molar-refractivity contribution in [2.75, 3.05) is 26.2 Å². The van der Waals surface area contributed by atoms with E-state index >= 15 is 0 Å². The van der Waals surface area contributed by atoms with Crippen molar-refractivity contribution in [3.05, 3.63) is 29.8 Å². The third-order valence-electron chi connectivity index (χ3n) is 3.27. The molecule has 5 heteroatoms. The highest BCUT2D eigenvalue weighted by molar-refractivity contribution is 5.73. The summed E-state index contributed by atoms with van der Waals surface area (Å²) in [5.41, 5.74) is 6.39.